The molecule has 226 valence electrons. The molecular formula is C29H37FN6O6. The molecule has 0 radical (unpaired) electrons. The van der Waals surface area contributed by atoms with Crippen molar-refractivity contribution >= 4 is 34.6 Å². The van der Waals surface area contributed by atoms with Gasteiger partial charge in [0, 0.05) is 40.1 Å². The quantitative estimate of drug-likeness (QED) is 0.311. The van der Waals surface area contributed by atoms with E-state index in [4.69, 9.17) is 9.47 Å². The van der Waals surface area contributed by atoms with Gasteiger partial charge in [-0.2, -0.15) is 0 Å². The first-order valence-corrected chi connectivity index (χ1v) is 13.4. The second-order valence-corrected chi connectivity index (χ2v) is 10.5. The predicted octanol–water partition coefficient (Wildman–Crippen LogP) is 3.38. The number of hydrogen-bond donors (Lipinski definition) is 2. The monoisotopic (exact) mass is 584 g/mol. The lowest BCUT2D eigenvalue weighted by Gasteiger charge is -2.19. The molecule has 0 fully saturated rings. The van der Waals surface area contributed by atoms with Crippen molar-refractivity contribution in [1.82, 2.24) is 24.3 Å². The molecule has 3 amide bonds. The zero-order valence-corrected chi connectivity index (χ0v) is 24.6. The molecule has 0 saturated heterocycles. The summed E-state index contributed by atoms with van der Waals surface area (Å²) >= 11 is 0. The molecule has 0 bridgehead atoms. The summed E-state index contributed by atoms with van der Waals surface area (Å²) in [6.07, 6.45) is 4.00. The molecule has 12 nitrogen and oxygen atoms in total. The Morgan fingerprint density at radius 1 is 1.19 bits per heavy atom. The third kappa shape index (κ3) is 8.41. The lowest BCUT2D eigenvalue weighted by molar-refractivity contribution is -0.125. The fraction of sp³-hybridized carbons (Fsp3) is 0.414. The highest BCUT2D eigenvalue weighted by molar-refractivity contribution is 5.95. The summed E-state index contributed by atoms with van der Waals surface area (Å²) in [5.74, 6) is -1.26. The van der Waals surface area contributed by atoms with Crippen molar-refractivity contribution in [2.45, 2.75) is 39.3 Å². The number of anilines is 1. The predicted molar refractivity (Wildman–Crippen MR) is 156 cm³/mol. The SMILES string of the molecule is CC(C)COc1c(F)cnc2cc(Cn3cccc(NC(=O)C(CCC=CC(=O)N(C)C)OC(=O)N(C)C)c3=O)[nH]c12. The smallest absolute Gasteiger partial charge is 0.410 e. The van der Waals surface area contributed by atoms with Crippen molar-refractivity contribution in [3.05, 3.63) is 64.6 Å². The number of aromatic nitrogens is 3. The number of ether oxygens (including phenoxy) is 2. The van der Waals surface area contributed by atoms with Crippen LogP contribution in [-0.2, 0) is 20.9 Å². The van der Waals surface area contributed by atoms with Gasteiger partial charge in [-0.25, -0.2) is 9.18 Å². The van der Waals surface area contributed by atoms with E-state index in [2.05, 4.69) is 15.3 Å². The number of halogens is 1. The van der Waals surface area contributed by atoms with Crippen molar-refractivity contribution in [3.8, 4) is 5.75 Å². The van der Waals surface area contributed by atoms with Gasteiger partial charge in [-0.1, -0.05) is 19.9 Å². The molecule has 42 heavy (non-hydrogen) atoms. The first kappa shape index (κ1) is 31.8. The third-order valence-corrected chi connectivity index (χ3v) is 5.99. The Morgan fingerprint density at radius 2 is 1.93 bits per heavy atom. The minimum Gasteiger partial charge on any atom is -0.488 e. The van der Waals surface area contributed by atoms with Crippen LogP contribution in [0.3, 0.4) is 0 Å². The number of nitrogens with zero attached hydrogens (tertiary/aromatic N) is 4. The maximum atomic E-state index is 14.4. The average molecular weight is 585 g/mol. The second kappa shape index (κ2) is 14.3. The summed E-state index contributed by atoms with van der Waals surface area (Å²) in [4.78, 5) is 60.1. The Bertz CT molecular complexity index is 1510. The Labute approximate surface area is 243 Å². The van der Waals surface area contributed by atoms with Gasteiger partial charge in [0.2, 0.25) is 5.91 Å². The molecule has 0 spiro atoms. The Hall–Kier alpha value is -4.68. The van der Waals surface area contributed by atoms with Crippen molar-refractivity contribution in [3.63, 3.8) is 0 Å². The summed E-state index contributed by atoms with van der Waals surface area (Å²) < 4.78 is 26.8. The number of nitrogens with one attached hydrogen (secondary N) is 2. The standard InChI is InChI=1S/C29H37FN6O6/c1-18(2)17-41-26-20(30)15-31-22-14-19(32-25(22)26)16-36-13-9-10-21(28(36)39)33-27(38)23(42-29(40)35(5)6)11-7-8-12-24(37)34(3)4/h8-10,12-15,18,23,32H,7,11,16-17H2,1-6H3,(H,33,38). The van der Waals surface area contributed by atoms with E-state index in [9.17, 15) is 23.6 Å². The van der Waals surface area contributed by atoms with Gasteiger partial charge in [0.15, 0.2) is 17.7 Å². The number of rotatable bonds is 12. The van der Waals surface area contributed by atoms with E-state index in [0.717, 1.165) is 6.20 Å². The average Bonchev–Trinajstić information content (AvgIpc) is 3.34. The Morgan fingerprint density at radius 3 is 2.60 bits per heavy atom. The normalized spacial score (nSPS) is 12.0. The highest BCUT2D eigenvalue weighted by Gasteiger charge is 2.24. The molecule has 0 saturated carbocycles. The van der Waals surface area contributed by atoms with Gasteiger partial charge in [0.25, 0.3) is 11.5 Å². The molecule has 0 aliphatic heterocycles. The summed E-state index contributed by atoms with van der Waals surface area (Å²) in [7, 11) is 6.19. The van der Waals surface area contributed by atoms with Gasteiger partial charge in [0.1, 0.15) is 11.2 Å². The third-order valence-electron chi connectivity index (χ3n) is 5.99. The molecule has 3 heterocycles. The van der Waals surface area contributed by atoms with Crippen molar-refractivity contribution < 1.29 is 28.2 Å². The second-order valence-electron chi connectivity index (χ2n) is 10.5. The number of likely N-dealkylation sites (N-methyl/N-ethyl adjacent to an activating group) is 1. The molecule has 2 N–H and O–H groups in total. The molecule has 0 aliphatic carbocycles. The molecule has 3 aromatic rings. The number of carbonyl (C=O) groups excluding carboxylic acids is 3. The van der Waals surface area contributed by atoms with Gasteiger partial charge in [-0.05, 0) is 43.0 Å². The van der Waals surface area contributed by atoms with Crippen molar-refractivity contribution in [2.24, 2.45) is 5.92 Å². The van der Waals surface area contributed by atoms with E-state index in [1.54, 1.807) is 38.5 Å². The molecule has 0 aromatic carbocycles. The summed E-state index contributed by atoms with van der Waals surface area (Å²) in [6, 6.07) is 4.72. The van der Waals surface area contributed by atoms with Crippen LogP contribution in [0.4, 0.5) is 14.9 Å². The highest BCUT2D eigenvalue weighted by Crippen LogP contribution is 2.28. The first-order valence-electron chi connectivity index (χ1n) is 13.4. The lowest BCUT2D eigenvalue weighted by Crippen LogP contribution is -2.37. The van der Waals surface area contributed by atoms with Crippen LogP contribution in [0.25, 0.3) is 11.0 Å². The number of pyridine rings is 2. The van der Waals surface area contributed by atoms with Gasteiger partial charge in [0.05, 0.1) is 24.9 Å². The highest BCUT2D eigenvalue weighted by atomic mass is 19.1. The molecule has 0 aliphatic rings. The fourth-order valence-electron chi connectivity index (χ4n) is 3.76. The number of H-pyrrole nitrogens is 1. The first-order chi connectivity index (χ1) is 19.9. The van der Waals surface area contributed by atoms with E-state index in [-0.39, 0.29) is 42.6 Å². The van der Waals surface area contributed by atoms with Crippen molar-refractivity contribution in [2.75, 3.05) is 40.1 Å². The van der Waals surface area contributed by atoms with E-state index >= 15 is 0 Å². The maximum absolute atomic E-state index is 14.4. The number of carbonyl (C=O) groups is 3. The van der Waals surface area contributed by atoms with E-state index < -0.39 is 29.5 Å². The van der Waals surface area contributed by atoms with Crippen LogP contribution in [0.15, 0.2) is 47.5 Å². The van der Waals surface area contributed by atoms with E-state index in [1.807, 2.05) is 13.8 Å². The minimum atomic E-state index is -1.22. The molecule has 1 atom stereocenters. The van der Waals surface area contributed by atoms with Crippen LogP contribution >= 0.6 is 0 Å². The van der Waals surface area contributed by atoms with E-state index in [0.29, 0.717) is 23.3 Å². The van der Waals surface area contributed by atoms with Crippen LogP contribution in [0, 0.1) is 11.7 Å². The van der Waals surface area contributed by atoms with Crippen molar-refractivity contribution in [1.29, 1.82) is 0 Å². The molecule has 1 unspecified atom stereocenters. The van der Waals surface area contributed by atoms with E-state index in [1.165, 1.54) is 40.6 Å². The Balaban J connectivity index is 1.78. The van der Waals surface area contributed by atoms with Crippen LogP contribution < -0.4 is 15.6 Å². The summed E-state index contributed by atoms with van der Waals surface area (Å²) in [5.41, 5.74) is 0.909. The van der Waals surface area contributed by atoms with Crippen LogP contribution in [0.1, 0.15) is 32.4 Å². The number of hydrogen-bond acceptors (Lipinski definition) is 7. The van der Waals surface area contributed by atoms with Crippen LogP contribution in [-0.4, -0.2) is 83.1 Å². The maximum Gasteiger partial charge on any atom is 0.410 e. The molecule has 3 rings (SSSR count). The molecule has 3 aromatic heterocycles. The zero-order valence-electron chi connectivity index (χ0n) is 24.6. The van der Waals surface area contributed by atoms with Gasteiger partial charge < -0.3 is 34.1 Å². The van der Waals surface area contributed by atoms with Gasteiger partial charge in [-0.3, -0.25) is 19.4 Å². The number of amides is 3. The fourth-order valence-corrected chi connectivity index (χ4v) is 3.76. The van der Waals surface area contributed by atoms with Crippen LogP contribution in [0.2, 0.25) is 0 Å². The van der Waals surface area contributed by atoms with Crippen LogP contribution in [0.5, 0.6) is 5.75 Å². The summed E-state index contributed by atoms with van der Waals surface area (Å²) in [5, 5.41) is 2.56. The zero-order chi connectivity index (χ0) is 31.0. The number of fused-ring (bicyclic) bond motifs is 1. The summed E-state index contributed by atoms with van der Waals surface area (Å²) in [6.45, 7) is 4.30. The van der Waals surface area contributed by atoms with Gasteiger partial charge in [-0.15, -0.1) is 0 Å². The topological polar surface area (TPSA) is 139 Å². The van der Waals surface area contributed by atoms with Gasteiger partial charge >= 0.3 is 6.09 Å². The molecular weight excluding hydrogens is 547 g/mol. The largest absolute Gasteiger partial charge is 0.488 e. The Kier molecular flexibility index (Phi) is 10.8. The lowest BCUT2D eigenvalue weighted by atomic mass is 10.1. The molecule has 13 heteroatoms. The minimum absolute atomic E-state index is 0.0204. The number of allylic oxidation sites excluding steroid dienone is 1. The number of aromatic amines is 1.